The van der Waals surface area contributed by atoms with Gasteiger partial charge in [0, 0.05) is 23.2 Å². The van der Waals surface area contributed by atoms with E-state index in [0.29, 0.717) is 27.6 Å². The molecule has 6 nitrogen and oxygen atoms in total. The quantitative estimate of drug-likeness (QED) is 0.266. The van der Waals surface area contributed by atoms with Gasteiger partial charge >= 0.3 is 0 Å². The number of thiophene rings is 1. The van der Waals surface area contributed by atoms with Gasteiger partial charge in [-0.3, -0.25) is 14.2 Å². The van der Waals surface area contributed by atoms with Gasteiger partial charge in [0.25, 0.3) is 5.56 Å². The summed E-state index contributed by atoms with van der Waals surface area (Å²) in [6.07, 6.45) is 0. The Kier molecular flexibility index (Phi) is 7.15. The highest BCUT2D eigenvalue weighted by Crippen LogP contribution is 2.32. The number of hydrogen-bond donors (Lipinski definition) is 1. The van der Waals surface area contributed by atoms with E-state index in [9.17, 15) is 9.59 Å². The SMILES string of the molecule is COc1ccc(NC(=O)CSc2nc3scc(-c4ccccc4)c3c(=O)n2CC(C)C)cc1. The van der Waals surface area contributed by atoms with Gasteiger partial charge in [-0.25, -0.2) is 4.98 Å². The van der Waals surface area contributed by atoms with Crippen LogP contribution in [0.4, 0.5) is 5.69 Å². The Labute approximate surface area is 200 Å². The number of fused-ring (bicyclic) bond motifs is 1. The lowest BCUT2D eigenvalue weighted by Gasteiger charge is -2.14. The fraction of sp³-hybridized carbons (Fsp3) is 0.240. The van der Waals surface area contributed by atoms with Crippen LogP contribution in [0.3, 0.4) is 0 Å². The predicted molar refractivity (Wildman–Crippen MR) is 137 cm³/mol. The minimum Gasteiger partial charge on any atom is -0.497 e. The Morgan fingerprint density at radius 1 is 1.15 bits per heavy atom. The Bertz CT molecular complexity index is 1310. The first-order chi connectivity index (χ1) is 16.0. The van der Waals surface area contributed by atoms with Crippen LogP contribution >= 0.6 is 23.1 Å². The van der Waals surface area contributed by atoms with E-state index in [1.54, 1.807) is 35.9 Å². The maximum atomic E-state index is 13.5. The van der Waals surface area contributed by atoms with Gasteiger partial charge < -0.3 is 10.1 Å². The van der Waals surface area contributed by atoms with E-state index in [1.165, 1.54) is 23.1 Å². The number of nitrogens with one attached hydrogen (secondary N) is 1. The van der Waals surface area contributed by atoms with E-state index in [1.807, 2.05) is 35.7 Å². The Morgan fingerprint density at radius 2 is 1.88 bits per heavy atom. The van der Waals surface area contributed by atoms with Crippen molar-refractivity contribution in [1.29, 1.82) is 0 Å². The molecule has 0 aliphatic rings. The predicted octanol–water partition coefficient (Wildman–Crippen LogP) is 5.52. The summed E-state index contributed by atoms with van der Waals surface area (Å²) in [7, 11) is 1.60. The Balaban J connectivity index is 1.61. The second kappa shape index (κ2) is 10.2. The highest BCUT2D eigenvalue weighted by Gasteiger charge is 2.19. The molecule has 170 valence electrons. The Morgan fingerprint density at radius 3 is 2.55 bits per heavy atom. The van der Waals surface area contributed by atoms with Crippen LogP contribution in [0.1, 0.15) is 13.8 Å². The smallest absolute Gasteiger partial charge is 0.263 e. The number of carbonyl (C=O) groups excluding carboxylic acids is 1. The molecule has 1 amide bonds. The zero-order valence-electron chi connectivity index (χ0n) is 18.7. The third-order valence-corrected chi connectivity index (χ3v) is 6.85. The highest BCUT2D eigenvalue weighted by molar-refractivity contribution is 7.99. The van der Waals surface area contributed by atoms with Crippen LogP contribution in [0.25, 0.3) is 21.3 Å². The van der Waals surface area contributed by atoms with E-state index < -0.39 is 0 Å². The number of thioether (sulfide) groups is 1. The number of carbonyl (C=O) groups is 1. The van der Waals surface area contributed by atoms with Crippen molar-refractivity contribution in [2.45, 2.75) is 25.5 Å². The van der Waals surface area contributed by atoms with Crippen LogP contribution in [-0.2, 0) is 11.3 Å². The summed E-state index contributed by atoms with van der Waals surface area (Å²) in [4.78, 5) is 31.6. The first kappa shape index (κ1) is 23.1. The second-order valence-corrected chi connectivity index (χ2v) is 9.77. The summed E-state index contributed by atoms with van der Waals surface area (Å²) in [5, 5.41) is 6.06. The van der Waals surface area contributed by atoms with Crippen LogP contribution in [0, 0.1) is 5.92 Å². The number of hydrogen-bond acceptors (Lipinski definition) is 6. The molecule has 0 aliphatic carbocycles. The zero-order valence-corrected chi connectivity index (χ0v) is 20.3. The molecule has 4 rings (SSSR count). The molecule has 0 spiro atoms. The van der Waals surface area contributed by atoms with Crippen molar-refractivity contribution in [3.05, 3.63) is 70.3 Å². The summed E-state index contributed by atoms with van der Waals surface area (Å²) >= 11 is 2.73. The summed E-state index contributed by atoms with van der Waals surface area (Å²) in [5.74, 6) is 0.974. The lowest BCUT2D eigenvalue weighted by Crippen LogP contribution is -2.26. The van der Waals surface area contributed by atoms with E-state index in [0.717, 1.165) is 16.9 Å². The molecule has 33 heavy (non-hydrogen) atoms. The van der Waals surface area contributed by atoms with E-state index in [4.69, 9.17) is 9.72 Å². The number of ether oxygens (including phenoxy) is 1. The third-order valence-electron chi connectivity index (χ3n) is 5.00. The fourth-order valence-electron chi connectivity index (χ4n) is 3.47. The van der Waals surface area contributed by atoms with Crippen molar-refractivity contribution in [2.75, 3.05) is 18.2 Å². The van der Waals surface area contributed by atoms with E-state index >= 15 is 0 Å². The number of methoxy groups -OCH3 is 1. The topological polar surface area (TPSA) is 73.2 Å². The summed E-state index contributed by atoms with van der Waals surface area (Å²) in [6.45, 7) is 4.66. The summed E-state index contributed by atoms with van der Waals surface area (Å²) in [5.41, 5.74) is 2.53. The molecular weight excluding hydrogens is 454 g/mol. The molecule has 0 unspecified atom stereocenters. The van der Waals surface area contributed by atoms with Crippen molar-refractivity contribution >= 4 is 44.9 Å². The molecule has 0 aliphatic heterocycles. The minimum atomic E-state index is -0.160. The van der Waals surface area contributed by atoms with Crippen molar-refractivity contribution in [2.24, 2.45) is 5.92 Å². The maximum Gasteiger partial charge on any atom is 0.263 e. The molecule has 0 saturated heterocycles. The molecule has 2 aromatic carbocycles. The van der Waals surface area contributed by atoms with Crippen LogP contribution in [0.2, 0.25) is 0 Å². The largest absolute Gasteiger partial charge is 0.497 e. The summed E-state index contributed by atoms with van der Waals surface area (Å²) in [6, 6.07) is 17.0. The molecule has 0 atom stereocenters. The number of benzene rings is 2. The second-order valence-electron chi connectivity index (χ2n) is 7.96. The van der Waals surface area contributed by atoms with Crippen molar-refractivity contribution in [3.8, 4) is 16.9 Å². The number of amides is 1. The van der Waals surface area contributed by atoms with Crippen LogP contribution < -0.4 is 15.6 Å². The molecule has 1 N–H and O–H groups in total. The van der Waals surface area contributed by atoms with Gasteiger partial charge in [0.15, 0.2) is 5.16 Å². The van der Waals surface area contributed by atoms with Crippen molar-refractivity contribution < 1.29 is 9.53 Å². The van der Waals surface area contributed by atoms with Gasteiger partial charge in [0.1, 0.15) is 10.6 Å². The van der Waals surface area contributed by atoms with E-state index in [2.05, 4.69) is 19.2 Å². The van der Waals surface area contributed by atoms with Crippen LogP contribution in [-0.4, -0.2) is 28.3 Å². The third kappa shape index (κ3) is 5.29. The number of rotatable bonds is 8. The lowest BCUT2D eigenvalue weighted by molar-refractivity contribution is -0.113. The zero-order chi connectivity index (χ0) is 23.4. The van der Waals surface area contributed by atoms with Gasteiger partial charge in [-0.2, -0.15) is 0 Å². The molecule has 0 radical (unpaired) electrons. The highest BCUT2D eigenvalue weighted by atomic mass is 32.2. The first-order valence-corrected chi connectivity index (χ1v) is 12.5. The molecule has 0 fully saturated rings. The van der Waals surface area contributed by atoms with Gasteiger partial charge in [0.2, 0.25) is 5.91 Å². The number of anilines is 1. The fourth-order valence-corrected chi connectivity index (χ4v) is 5.27. The van der Waals surface area contributed by atoms with Crippen molar-refractivity contribution in [3.63, 3.8) is 0 Å². The van der Waals surface area contributed by atoms with Crippen LogP contribution in [0.15, 0.2) is 69.9 Å². The lowest BCUT2D eigenvalue weighted by atomic mass is 10.1. The average Bonchev–Trinajstić information content (AvgIpc) is 3.25. The standard InChI is InChI=1S/C25H25N3O3S2/c1-16(2)13-28-24(30)22-20(17-7-5-4-6-8-17)14-32-23(22)27-25(28)33-15-21(29)26-18-9-11-19(31-3)12-10-18/h4-12,14,16H,13,15H2,1-3H3,(H,26,29). The monoisotopic (exact) mass is 479 g/mol. The van der Waals surface area contributed by atoms with Gasteiger partial charge in [-0.05, 0) is 35.7 Å². The maximum absolute atomic E-state index is 13.5. The molecule has 8 heteroatoms. The minimum absolute atomic E-state index is 0.0631. The number of aromatic nitrogens is 2. The molecule has 2 heterocycles. The van der Waals surface area contributed by atoms with Crippen molar-refractivity contribution in [1.82, 2.24) is 9.55 Å². The van der Waals surface area contributed by atoms with Gasteiger partial charge in [0.05, 0.1) is 18.2 Å². The van der Waals surface area contributed by atoms with E-state index in [-0.39, 0.29) is 23.1 Å². The average molecular weight is 480 g/mol. The van der Waals surface area contributed by atoms with Gasteiger partial charge in [-0.1, -0.05) is 55.9 Å². The molecule has 0 saturated carbocycles. The normalized spacial score (nSPS) is 11.2. The first-order valence-electron chi connectivity index (χ1n) is 10.6. The molecule has 4 aromatic rings. The molecule has 2 aromatic heterocycles. The Hall–Kier alpha value is -3.10. The summed E-state index contributed by atoms with van der Waals surface area (Å²) < 4.78 is 6.85. The molecule has 0 bridgehead atoms. The molecular formula is C25H25N3O3S2. The van der Waals surface area contributed by atoms with Gasteiger partial charge in [-0.15, -0.1) is 11.3 Å². The number of nitrogens with zero attached hydrogens (tertiary/aromatic N) is 2. The van der Waals surface area contributed by atoms with Crippen LogP contribution in [0.5, 0.6) is 5.75 Å².